The van der Waals surface area contributed by atoms with E-state index in [-0.39, 0.29) is 55.1 Å². The second-order valence-electron chi connectivity index (χ2n) is 8.30. The highest BCUT2D eigenvalue weighted by atomic mass is 19.4. The Morgan fingerprint density at radius 1 is 1.22 bits per heavy atom. The summed E-state index contributed by atoms with van der Waals surface area (Å²) in [6.45, 7) is 5.53. The van der Waals surface area contributed by atoms with Crippen LogP contribution in [0.2, 0.25) is 0 Å². The summed E-state index contributed by atoms with van der Waals surface area (Å²) >= 11 is 0. The first-order chi connectivity index (χ1) is 15.1. The molecule has 2 unspecified atom stereocenters. The van der Waals surface area contributed by atoms with E-state index in [1.54, 1.807) is 11.8 Å². The molecular formula is C19H24F4N6O3. The summed E-state index contributed by atoms with van der Waals surface area (Å²) in [6, 6.07) is -2.23. The second-order valence-corrected chi connectivity index (χ2v) is 8.30. The Hall–Kier alpha value is -2.70. The Bertz CT molecular complexity index is 1040. The van der Waals surface area contributed by atoms with Crippen molar-refractivity contribution in [2.75, 3.05) is 29.6 Å². The van der Waals surface area contributed by atoms with E-state index >= 15 is 0 Å². The molecule has 176 valence electrons. The Labute approximate surface area is 181 Å². The van der Waals surface area contributed by atoms with Crippen LogP contribution in [0.5, 0.6) is 0 Å². The van der Waals surface area contributed by atoms with Crippen LogP contribution in [0.1, 0.15) is 44.8 Å². The minimum absolute atomic E-state index is 0.0243. The van der Waals surface area contributed by atoms with Gasteiger partial charge in [-0.15, -0.1) is 0 Å². The van der Waals surface area contributed by atoms with E-state index in [2.05, 4.69) is 15.1 Å². The van der Waals surface area contributed by atoms with E-state index in [0.717, 1.165) is 9.47 Å². The average Bonchev–Trinajstić information content (AvgIpc) is 3.20. The van der Waals surface area contributed by atoms with Gasteiger partial charge in [-0.05, 0) is 13.3 Å². The monoisotopic (exact) mass is 460 g/mol. The number of alkyl halides is 3. The van der Waals surface area contributed by atoms with Crippen molar-refractivity contribution in [2.45, 2.75) is 64.5 Å². The molecule has 0 aromatic carbocycles. The molecule has 2 aromatic rings. The van der Waals surface area contributed by atoms with E-state index < -0.39 is 36.6 Å². The van der Waals surface area contributed by atoms with Gasteiger partial charge in [-0.1, -0.05) is 19.0 Å². The van der Waals surface area contributed by atoms with Gasteiger partial charge in [0.2, 0.25) is 17.7 Å². The molecule has 0 saturated carbocycles. The van der Waals surface area contributed by atoms with Crippen molar-refractivity contribution in [3.05, 3.63) is 27.9 Å². The highest BCUT2D eigenvalue weighted by Crippen LogP contribution is 2.36. The second kappa shape index (κ2) is 8.34. The third-order valence-corrected chi connectivity index (χ3v) is 5.64. The standard InChI is InChI=1S/C19H24F4N6O3/c1-10(2)16-24-13(26-32-16)8-29-12(19(21,22)23)4-5-28-17(30)14(20)15(25-18(28)29)27-6-7-31-9-11(27)3/h10-12H,4-9H2,1-3H3. The van der Waals surface area contributed by atoms with Gasteiger partial charge in [-0.3, -0.25) is 9.36 Å². The summed E-state index contributed by atoms with van der Waals surface area (Å²) in [5.74, 6) is -1.43. The molecule has 4 rings (SSSR count). The minimum Gasteiger partial charge on any atom is -0.377 e. The number of morpholine rings is 1. The van der Waals surface area contributed by atoms with Crippen LogP contribution in [0.3, 0.4) is 0 Å². The molecule has 0 amide bonds. The zero-order chi connectivity index (χ0) is 23.2. The molecule has 2 aliphatic rings. The summed E-state index contributed by atoms with van der Waals surface area (Å²) in [5.41, 5.74) is -1.01. The van der Waals surface area contributed by atoms with E-state index in [0.29, 0.717) is 6.61 Å². The van der Waals surface area contributed by atoms with Crippen LogP contribution in [0.15, 0.2) is 9.32 Å². The van der Waals surface area contributed by atoms with Gasteiger partial charge in [0, 0.05) is 19.0 Å². The normalized spacial score (nSPS) is 21.9. The van der Waals surface area contributed by atoms with Crippen molar-refractivity contribution < 1.29 is 26.8 Å². The van der Waals surface area contributed by atoms with Gasteiger partial charge in [0.25, 0.3) is 5.56 Å². The van der Waals surface area contributed by atoms with Crippen molar-refractivity contribution >= 4 is 11.8 Å². The van der Waals surface area contributed by atoms with Crippen LogP contribution in [-0.4, -0.2) is 57.7 Å². The van der Waals surface area contributed by atoms with Gasteiger partial charge in [0.15, 0.2) is 11.6 Å². The molecule has 0 radical (unpaired) electrons. The van der Waals surface area contributed by atoms with Gasteiger partial charge in [0.05, 0.1) is 25.8 Å². The van der Waals surface area contributed by atoms with E-state index in [1.165, 1.54) is 0 Å². The molecule has 1 fully saturated rings. The van der Waals surface area contributed by atoms with Crippen LogP contribution in [0, 0.1) is 5.82 Å². The molecular weight excluding hydrogens is 436 g/mol. The lowest BCUT2D eigenvalue weighted by Crippen LogP contribution is -2.53. The van der Waals surface area contributed by atoms with Crippen LogP contribution in [-0.2, 0) is 17.8 Å². The Morgan fingerprint density at radius 2 is 1.97 bits per heavy atom. The Balaban J connectivity index is 1.80. The van der Waals surface area contributed by atoms with Crippen molar-refractivity contribution in [1.82, 2.24) is 19.7 Å². The average molecular weight is 460 g/mol. The van der Waals surface area contributed by atoms with E-state index in [9.17, 15) is 22.4 Å². The largest absolute Gasteiger partial charge is 0.408 e. The van der Waals surface area contributed by atoms with Crippen molar-refractivity contribution in [3.63, 3.8) is 0 Å². The first-order valence-electron chi connectivity index (χ1n) is 10.4. The highest BCUT2D eigenvalue weighted by molar-refractivity contribution is 5.48. The molecule has 9 nitrogen and oxygen atoms in total. The molecule has 0 spiro atoms. The van der Waals surface area contributed by atoms with Crippen molar-refractivity contribution in [3.8, 4) is 0 Å². The van der Waals surface area contributed by atoms with Crippen LogP contribution < -0.4 is 15.4 Å². The number of nitrogens with zero attached hydrogens (tertiary/aromatic N) is 6. The summed E-state index contributed by atoms with van der Waals surface area (Å²) < 4.78 is 68.0. The topological polar surface area (TPSA) is 89.5 Å². The lowest BCUT2D eigenvalue weighted by molar-refractivity contribution is -0.153. The molecule has 1 saturated heterocycles. The molecule has 0 N–H and O–H groups in total. The maximum atomic E-state index is 15.0. The Kier molecular flexibility index (Phi) is 5.86. The molecule has 32 heavy (non-hydrogen) atoms. The zero-order valence-electron chi connectivity index (χ0n) is 17.9. The summed E-state index contributed by atoms with van der Waals surface area (Å²) in [4.78, 5) is 23.6. The van der Waals surface area contributed by atoms with Crippen LogP contribution in [0.25, 0.3) is 0 Å². The predicted molar refractivity (Wildman–Crippen MR) is 105 cm³/mol. The van der Waals surface area contributed by atoms with E-state index in [1.807, 2.05) is 13.8 Å². The zero-order valence-corrected chi connectivity index (χ0v) is 17.9. The van der Waals surface area contributed by atoms with Gasteiger partial charge >= 0.3 is 6.18 Å². The fourth-order valence-electron chi connectivity index (χ4n) is 3.95. The molecule has 0 bridgehead atoms. The predicted octanol–water partition coefficient (Wildman–Crippen LogP) is 2.46. The van der Waals surface area contributed by atoms with Gasteiger partial charge in [-0.25, -0.2) is 0 Å². The number of hydrogen-bond donors (Lipinski definition) is 0. The van der Waals surface area contributed by atoms with Crippen LogP contribution in [0.4, 0.5) is 29.3 Å². The molecule has 13 heteroatoms. The smallest absolute Gasteiger partial charge is 0.377 e. The van der Waals surface area contributed by atoms with Crippen LogP contribution >= 0.6 is 0 Å². The molecule has 2 aliphatic heterocycles. The summed E-state index contributed by atoms with van der Waals surface area (Å²) in [5, 5.41) is 3.77. The fraction of sp³-hybridized carbons (Fsp3) is 0.684. The highest BCUT2D eigenvalue weighted by Gasteiger charge is 2.48. The number of anilines is 2. The molecule has 2 aromatic heterocycles. The quantitative estimate of drug-likeness (QED) is 0.643. The number of aromatic nitrogens is 4. The SMILES string of the molecule is CC(C)c1nc(CN2c3nc(N4CCOCC4C)c(F)c(=O)n3CCC2C(F)(F)F)no1. The van der Waals surface area contributed by atoms with Crippen molar-refractivity contribution in [2.24, 2.45) is 0 Å². The maximum Gasteiger partial charge on any atom is 0.408 e. The maximum absolute atomic E-state index is 15.0. The fourth-order valence-corrected chi connectivity index (χ4v) is 3.95. The minimum atomic E-state index is -4.60. The first kappa shape index (κ1) is 22.5. The lowest BCUT2D eigenvalue weighted by atomic mass is 10.1. The van der Waals surface area contributed by atoms with Crippen molar-refractivity contribution in [1.29, 1.82) is 0 Å². The van der Waals surface area contributed by atoms with Gasteiger partial charge in [0.1, 0.15) is 6.04 Å². The van der Waals surface area contributed by atoms with Gasteiger partial charge in [-0.2, -0.15) is 27.5 Å². The number of fused-ring (bicyclic) bond motifs is 1. The summed E-state index contributed by atoms with van der Waals surface area (Å²) in [7, 11) is 0. The Morgan fingerprint density at radius 3 is 2.59 bits per heavy atom. The number of ether oxygens (including phenoxy) is 1. The third kappa shape index (κ3) is 4.05. The molecule has 4 heterocycles. The number of rotatable bonds is 4. The van der Waals surface area contributed by atoms with Gasteiger partial charge < -0.3 is 19.1 Å². The number of hydrogen-bond acceptors (Lipinski definition) is 8. The first-order valence-corrected chi connectivity index (χ1v) is 10.4. The van der Waals surface area contributed by atoms with E-state index in [4.69, 9.17) is 9.26 Å². The summed E-state index contributed by atoms with van der Waals surface area (Å²) in [6.07, 6.45) is -5.03. The third-order valence-electron chi connectivity index (χ3n) is 5.64. The molecule has 0 aliphatic carbocycles. The molecule has 2 atom stereocenters. The number of halogens is 4. The lowest BCUT2D eigenvalue weighted by Gasteiger charge is -2.40.